The standard InChI is InChI=1S/C18H28ClNO/c1-12-6-8-14(16(10-12)20-4)18(2,3)13-7-9-15(19)17(11-13)21-5/h7,9,11-12,14,16,20H,6,8,10H2,1-5H3. The Morgan fingerprint density at radius 1 is 1.29 bits per heavy atom. The molecular formula is C18H28ClNO. The second-order valence-electron chi connectivity index (χ2n) is 6.99. The van der Waals surface area contributed by atoms with Crippen molar-refractivity contribution in [3.8, 4) is 5.75 Å². The number of nitrogens with one attached hydrogen (secondary N) is 1. The summed E-state index contributed by atoms with van der Waals surface area (Å²) in [6.45, 7) is 7.06. The van der Waals surface area contributed by atoms with Crippen LogP contribution in [0.2, 0.25) is 5.02 Å². The fourth-order valence-electron chi connectivity index (χ4n) is 3.84. The molecule has 0 aliphatic heterocycles. The molecule has 3 unspecified atom stereocenters. The van der Waals surface area contributed by atoms with E-state index in [2.05, 4.69) is 45.3 Å². The van der Waals surface area contributed by atoms with Crippen LogP contribution in [0, 0.1) is 11.8 Å². The molecule has 3 heteroatoms. The van der Waals surface area contributed by atoms with Gasteiger partial charge in [0.05, 0.1) is 12.1 Å². The maximum Gasteiger partial charge on any atom is 0.137 e. The predicted octanol–water partition coefficient (Wildman–Crippen LogP) is 4.65. The first-order chi connectivity index (χ1) is 9.90. The number of methoxy groups -OCH3 is 1. The van der Waals surface area contributed by atoms with Crippen molar-refractivity contribution in [3.63, 3.8) is 0 Å². The smallest absolute Gasteiger partial charge is 0.137 e. The van der Waals surface area contributed by atoms with Crippen LogP contribution in [0.1, 0.15) is 45.6 Å². The molecule has 1 aromatic rings. The minimum atomic E-state index is 0.103. The molecule has 1 aliphatic carbocycles. The Morgan fingerprint density at radius 2 is 2.00 bits per heavy atom. The molecule has 0 saturated heterocycles. The third-order valence-electron chi connectivity index (χ3n) is 5.31. The molecule has 118 valence electrons. The highest BCUT2D eigenvalue weighted by Crippen LogP contribution is 2.43. The fourth-order valence-corrected chi connectivity index (χ4v) is 4.03. The molecule has 0 bridgehead atoms. The van der Waals surface area contributed by atoms with Gasteiger partial charge in [-0.3, -0.25) is 0 Å². The first-order valence-electron chi connectivity index (χ1n) is 7.91. The van der Waals surface area contributed by atoms with Crippen molar-refractivity contribution in [1.29, 1.82) is 0 Å². The van der Waals surface area contributed by atoms with Crippen LogP contribution in [0.3, 0.4) is 0 Å². The van der Waals surface area contributed by atoms with E-state index in [1.807, 2.05) is 6.07 Å². The van der Waals surface area contributed by atoms with Gasteiger partial charge in [0.25, 0.3) is 0 Å². The molecule has 1 N–H and O–H groups in total. The highest BCUT2D eigenvalue weighted by Gasteiger charge is 2.39. The van der Waals surface area contributed by atoms with Crippen molar-refractivity contribution in [3.05, 3.63) is 28.8 Å². The molecule has 21 heavy (non-hydrogen) atoms. The van der Waals surface area contributed by atoms with Crippen molar-refractivity contribution < 1.29 is 4.74 Å². The van der Waals surface area contributed by atoms with E-state index < -0.39 is 0 Å². The molecular weight excluding hydrogens is 282 g/mol. The quantitative estimate of drug-likeness (QED) is 0.874. The number of rotatable bonds is 4. The van der Waals surface area contributed by atoms with Gasteiger partial charge in [0.15, 0.2) is 0 Å². The van der Waals surface area contributed by atoms with E-state index in [-0.39, 0.29) is 5.41 Å². The van der Waals surface area contributed by atoms with Crippen molar-refractivity contribution in [2.45, 2.75) is 51.5 Å². The third-order valence-corrected chi connectivity index (χ3v) is 5.62. The lowest BCUT2D eigenvalue weighted by atomic mass is 9.63. The number of ether oxygens (including phenoxy) is 1. The van der Waals surface area contributed by atoms with Crippen LogP contribution >= 0.6 is 11.6 Å². The van der Waals surface area contributed by atoms with Gasteiger partial charge in [-0.15, -0.1) is 0 Å². The topological polar surface area (TPSA) is 21.3 Å². The lowest BCUT2D eigenvalue weighted by Gasteiger charge is -2.44. The molecule has 1 fully saturated rings. The Balaban J connectivity index is 2.31. The number of hydrogen-bond acceptors (Lipinski definition) is 2. The summed E-state index contributed by atoms with van der Waals surface area (Å²) in [7, 11) is 3.77. The molecule has 0 radical (unpaired) electrons. The summed E-state index contributed by atoms with van der Waals surface area (Å²) in [5.74, 6) is 2.21. The first-order valence-corrected chi connectivity index (χ1v) is 8.29. The van der Waals surface area contributed by atoms with E-state index in [9.17, 15) is 0 Å². The second-order valence-corrected chi connectivity index (χ2v) is 7.40. The van der Waals surface area contributed by atoms with E-state index in [0.29, 0.717) is 17.0 Å². The van der Waals surface area contributed by atoms with Crippen LogP contribution < -0.4 is 10.1 Å². The Bertz CT molecular complexity index is 486. The van der Waals surface area contributed by atoms with Crippen LogP contribution in [0.15, 0.2) is 18.2 Å². The Hall–Kier alpha value is -0.730. The van der Waals surface area contributed by atoms with E-state index >= 15 is 0 Å². The van der Waals surface area contributed by atoms with Gasteiger partial charge < -0.3 is 10.1 Å². The zero-order chi connectivity index (χ0) is 15.6. The Labute approximate surface area is 134 Å². The zero-order valence-corrected chi connectivity index (χ0v) is 14.6. The van der Waals surface area contributed by atoms with Crippen molar-refractivity contribution >= 4 is 11.6 Å². The van der Waals surface area contributed by atoms with Gasteiger partial charge in [0.1, 0.15) is 5.75 Å². The summed E-state index contributed by atoms with van der Waals surface area (Å²) >= 11 is 6.17. The molecule has 1 saturated carbocycles. The van der Waals surface area contributed by atoms with Crippen LogP contribution in [0.25, 0.3) is 0 Å². The van der Waals surface area contributed by atoms with E-state index in [0.717, 1.165) is 11.7 Å². The van der Waals surface area contributed by atoms with Crippen molar-refractivity contribution in [1.82, 2.24) is 5.32 Å². The molecule has 0 spiro atoms. The van der Waals surface area contributed by atoms with Crippen LogP contribution in [0.5, 0.6) is 5.75 Å². The highest BCUT2D eigenvalue weighted by molar-refractivity contribution is 6.32. The second kappa shape index (κ2) is 6.58. The molecule has 1 aliphatic rings. The summed E-state index contributed by atoms with van der Waals surface area (Å²) in [5.41, 5.74) is 1.41. The largest absolute Gasteiger partial charge is 0.495 e. The number of halogens is 1. The van der Waals surface area contributed by atoms with Gasteiger partial charge in [-0.1, -0.05) is 44.9 Å². The Morgan fingerprint density at radius 3 is 2.62 bits per heavy atom. The fraction of sp³-hybridized carbons (Fsp3) is 0.667. The van der Waals surface area contributed by atoms with E-state index in [1.165, 1.54) is 24.8 Å². The van der Waals surface area contributed by atoms with E-state index in [1.54, 1.807) is 7.11 Å². The molecule has 0 aromatic heterocycles. The van der Waals surface area contributed by atoms with Crippen LogP contribution in [-0.2, 0) is 5.41 Å². The predicted molar refractivity (Wildman–Crippen MR) is 90.4 cm³/mol. The zero-order valence-electron chi connectivity index (χ0n) is 13.9. The SMILES string of the molecule is CNC1CC(C)CCC1C(C)(C)c1ccc(Cl)c(OC)c1. The summed E-state index contributed by atoms with van der Waals surface area (Å²) in [5, 5.41) is 4.22. The normalized spacial score (nSPS) is 26.7. The molecule has 2 rings (SSSR count). The lowest BCUT2D eigenvalue weighted by Crippen LogP contribution is -2.47. The molecule has 1 aromatic carbocycles. The summed E-state index contributed by atoms with van der Waals surface area (Å²) in [6, 6.07) is 6.78. The van der Waals surface area contributed by atoms with Gasteiger partial charge in [-0.25, -0.2) is 0 Å². The third kappa shape index (κ3) is 3.37. The summed E-state index contributed by atoms with van der Waals surface area (Å²) in [6.07, 6.45) is 3.84. The highest BCUT2D eigenvalue weighted by atomic mass is 35.5. The lowest BCUT2D eigenvalue weighted by molar-refractivity contribution is 0.151. The van der Waals surface area contributed by atoms with Crippen molar-refractivity contribution in [2.24, 2.45) is 11.8 Å². The maximum absolute atomic E-state index is 6.17. The molecule has 0 amide bonds. The molecule has 2 nitrogen and oxygen atoms in total. The number of hydrogen-bond donors (Lipinski definition) is 1. The maximum atomic E-state index is 6.17. The van der Waals surface area contributed by atoms with Gasteiger partial charge in [-0.2, -0.15) is 0 Å². The summed E-state index contributed by atoms with van der Waals surface area (Å²) < 4.78 is 5.39. The van der Waals surface area contributed by atoms with Crippen molar-refractivity contribution in [2.75, 3.05) is 14.2 Å². The minimum Gasteiger partial charge on any atom is -0.495 e. The van der Waals surface area contributed by atoms with Gasteiger partial charge in [0.2, 0.25) is 0 Å². The van der Waals surface area contributed by atoms with E-state index in [4.69, 9.17) is 16.3 Å². The van der Waals surface area contributed by atoms with Gasteiger partial charge in [-0.05, 0) is 54.8 Å². The van der Waals surface area contributed by atoms with Crippen LogP contribution in [0.4, 0.5) is 0 Å². The average molecular weight is 310 g/mol. The van der Waals surface area contributed by atoms with Gasteiger partial charge in [0, 0.05) is 6.04 Å². The summed E-state index contributed by atoms with van der Waals surface area (Å²) in [4.78, 5) is 0. The molecule has 3 atom stereocenters. The first kappa shape index (κ1) is 16.6. The van der Waals surface area contributed by atoms with Crippen LogP contribution in [-0.4, -0.2) is 20.2 Å². The monoisotopic (exact) mass is 309 g/mol. The molecule has 0 heterocycles. The number of benzene rings is 1. The van der Waals surface area contributed by atoms with Gasteiger partial charge >= 0.3 is 0 Å². The Kier molecular flexibility index (Phi) is 5.21. The minimum absolute atomic E-state index is 0.103. The average Bonchev–Trinajstić information content (AvgIpc) is 2.47.